The van der Waals surface area contributed by atoms with Gasteiger partial charge in [0, 0.05) is 44.2 Å². The van der Waals surface area contributed by atoms with Crippen molar-refractivity contribution in [1.82, 2.24) is 14.5 Å². The van der Waals surface area contributed by atoms with Gasteiger partial charge in [0.1, 0.15) is 18.1 Å². The van der Waals surface area contributed by atoms with E-state index in [9.17, 15) is 4.79 Å². The molecule has 0 unspecified atom stereocenters. The highest BCUT2D eigenvalue weighted by Gasteiger charge is 2.27. The van der Waals surface area contributed by atoms with Crippen molar-refractivity contribution in [2.45, 2.75) is 19.6 Å². The third-order valence-electron chi connectivity index (χ3n) is 4.45. The molecule has 0 atom stereocenters. The zero-order valence-corrected chi connectivity index (χ0v) is 13.8. The Labute approximate surface area is 139 Å². The fourth-order valence-corrected chi connectivity index (χ4v) is 3.29. The van der Waals surface area contributed by atoms with Crippen molar-refractivity contribution < 1.29 is 13.9 Å². The number of para-hydroxylation sites is 1. The van der Waals surface area contributed by atoms with Crippen LogP contribution in [0.4, 0.5) is 0 Å². The van der Waals surface area contributed by atoms with Crippen molar-refractivity contribution in [3.8, 4) is 0 Å². The molecule has 0 aliphatic carbocycles. The molecule has 24 heavy (non-hydrogen) atoms. The van der Waals surface area contributed by atoms with Gasteiger partial charge in [-0.1, -0.05) is 18.2 Å². The second-order valence-corrected chi connectivity index (χ2v) is 6.06. The zero-order chi connectivity index (χ0) is 16.7. The molecule has 0 saturated carbocycles. The number of benzene rings is 1. The van der Waals surface area contributed by atoms with Gasteiger partial charge in [-0.15, -0.1) is 0 Å². The van der Waals surface area contributed by atoms with E-state index < -0.39 is 0 Å². The molecule has 3 heterocycles. The van der Waals surface area contributed by atoms with E-state index in [4.69, 9.17) is 9.15 Å². The summed E-state index contributed by atoms with van der Waals surface area (Å²) in [6, 6.07) is 7.96. The van der Waals surface area contributed by atoms with Gasteiger partial charge in [-0.2, -0.15) is 0 Å². The van der Waals surface area contributed by atoms with Crippen LogP contribution in [0.15, 0.2) is 34.9 Å². The number of carbonyl (C=O) groups is 1. The summed E-state index contributed by atoms with van der Waals surface area (Å²) in [6.45, 7) is 1.46. The van der Waals surface area contributed by atoms with Gasteiger partial charge in [0.25, 0.3) is 5.91 Å². The third kappa shape index (κ3) is 2.39. The highest BCUT2D eigenvalue weighted by atomic mass is 16.5. The maximum atomic E-state index is 13.0. The van der Waals surface area contributed by atoms with Crippen LogP contribution in [0, 0.1) is 0 Å². The van der Waals surface area contributed by atoms with Crippen LogP contribution in [0.25, 0.3) is 10.9 Å². The third-order valence-corrected chi connectivity index (χ3v) is 4.45. The molecule has 1 aliphatic rings. The second-order valence-electron chi connectivity index (χ2n) is 6.06. The van der Waals surface area contributed by atoms with E-state index >= 15 is 0 Å². The molecular weight excluding hydrogens is 306 g/mol. The van der Waals surface area contributed by atoms with E-state index in [1.54, 1.807) is 7.11 Å². The molecule has 0 fully saturated rings. The van der Waals surface area contributed by atoms with E-state index in [2.05, 4.69) is 4.98 Å². The summed E-state index contributed by atoms with van der Waals surface area (Å²) in [7, 11) is 3.57. The summed E-state index contributed by atoms with van der Waals surface area (Å²) in [6.07, 6.45) is 2.59. The number of hydrogen-bond acceptors (Lipinski definition) is 4. The predicted octanol–water partition coefficient (Wildman–Crippen LogP) is 2.51. The van der Waals surface area contributed by atoms with Crippen LogP contribution in [0.5, 0.6) is 0 Å². The first kappa shape index (κ1) is 15.0. The number of hydrogen-bond donors (Lipinski definition) is 0. The topological polar surface area (TPSA) is 60.5 Å². The van der Waals surface area contributed by atoms with Crippen molar-refractivity contribution in [2.24, 2.45) is 7.05 Å². The van der Waals surface area contributed by atoms with Gasteiger partial charge in [0.05, 0.1) is 12.1 Å². The molecule has 0 bridgehead atoms. The van der Waals surface area contributed by atoms with Gasteiger partial charge >= 0.3 is 0 Å². The molecule has 2 aromatic heterocycles. The minimum absolute atomic E-state index is 0.0359. The molecule has 6 heteroatoms. The fourth-order valence-electron chi connectivity index (χ4n) is 3.29. The molecular formula is C18H19N3O3. The normalized spacial score (nSPS) is 14.2. The molecule has 1 aromatic carbocycles. The number of nitrogens with zero attached hydrogens (tertiary/aromatic N) is 3. The minimum atomic E-state index is 0.0359. The Morgan fingerprint density at radius 1 is 1.38 bits per heavy atom. The minimum Gasteiger partial charge on any atom is -0.443 e. The van der Waals surface area contributed by atoms with Crippen LogP contribution in [-0.2, 0) is 31.4 Å². The average Bonchev–Trinajstić information content (AvgIpc) is 3.15. The number of methoxy groups -OCH3 is 1. The fraction of sp³-hybridized carbons (Fsp3) is 0.333. The quantitative estimate of drug-likeness (QED) is 0.742. The molecule has 0 radical (unpaired) electrons. The van der Waals surface area contributed by atoms with Crippen molar-refractivity contribution in [2.75, 3.05) is 13.7 Å². The number of amides is 1. The number of ether oxygens (including phenoxy) is 1. The molecule has 6 nitrogen and oxygen atoms in total. The van der Waals surface area contributed by atoms with Gasteiger partial charge in [-0.25, -0.2) is 4.98 Å². The number of fused-ring (bicyclic) bond motifs is 2. The monoisotopic (exact) mass is 325 g/mol. The first-order valence-corrected chi connectivity index (χ1v) is 7.97. The summed E-state index contributed by atoms with van der Waals surface area (Å²) in [5.41, 5.74) is 2.63. The predicted molar refractivity (Wildman–Crippen MR) is 88.6 cm³/mol. The molecule has 124 valence electrons. The van der Waals surface area contributed by atoms with Crippen LogP contribution in [0.1, 0.15) is 27.7 Å². The maximum Gasteiger partial charge on any atom is 0.256 e. The Bertz CT molecular complexity index is 910. The Morgan fingerprint density at radius 2 is 2.21 bits per heavy atom. The summed E-state index contributed by atoms with van der Waals surface area (Å²) in [4.78, 5) is 19.3. The van der Waals surface area contributed by atoms with Gasteiger partial charge < -0.3 is 18.6 Å². The first-order valence-electron chi connectivity index (χ1n) is 7.97. The Kier molecular flexibility index (Phi) is 3.61. The lowest BCUT2D eigenvalue weighted by atomic mass is 10.1. The van der Waals surface area contributed by atoms with E-state index in [-0.39, 0.29) is 5.91 Å². The number of aryl methyl sites for hydroxylation is 1. The zero-order valence-electron chi connectivity index (χ0n) is 13.8. The summed E-state index contributed by atoms with van der Waals surface area (Å²) in [5, 5.41) is 0.982. The molecule has 0 saturated heterocycles. The van der Waals surface area contributed by atoms with Gasteiger partial charge in [-0.05, 0) is 6.07 Å². The first-order chi connectivity index (χ1) is 11.7. The van der Waals surface area contributed by atoms with Gasteiger partial charge in [-0.3, -0.25) is 4.79 Å². The Hall–Kier alpha value is -2.60. The molecule has 3 aromatic rings. The highest BCUT2D eigenvalue weighted by Crippen LogP contribution is 2.25. The van der Waals surface area contributed by atoms with E-state index in [1.807, 2.05) is 47.0 Å². The number of oxazole rings is 1. The van der Waals surface area contributed by atoms with Crippen molar-refractivity contribution in [1.29, 1.82) is 0 Å². The standard InChI is InChI=1S/C18H19N3O3/c1-20-9-13(12-5-3-4-6-15(12)20)18(22)21-8-7-16-14(10-21)19-17(24-16)11-23-2/h3-6,9H,7-8,10-11H2,1-2H3. The average molecular weight is 325 g/mol. The molecule has 1 aliphatic heterocycles. The maximum absolute atomic E-state index is 13.0. The van der Waals surface area contributed by atoms with E-state index in [1.165, 1.54) is 0 Å². The second kappa shape index (κ2) is 5.79. The molecule has 1 amide bonds. The number of carbonyl (C=O) groups excluding carboxylic acids is 1. The Morgan fingerprint density at radius 3 is 3.04 bits per heavy atom. The highest BCUT2D eigenvalue weighted by molar-refractivity contribution is 6.07. The van der Waals surface area contributed by atoms with Gasteiger partial charge in [0.15, 0.2) is 0 Å². The lowest BCUT2D eigenvalue weighted by Gasteiger charge is -2.25. The largest absolute Gasteiger partial charge is 0.443 e. The van der Waals surface area contributed by atoms with Crippen LogP contribution in [0.3, 0.4) is 0 Å². The van der Waals surface area contributed by atoms with Crippen molar-refractivity contribution in [3.05, 3.63) is 53.4 Å². The van der Waals surface area contributed by atoms with Crippen LogP contribution >= 0.6 is 0 Å². The smallest absolute Gasteiger partial charge is 0.256 e. The van der Waals surface area contributed by atoms with Crippen LogP contribution in [0.2, 0.25) is 0 Å². The summed E-state index contributed by atoms with van der Waals surface area (Å²) >= 11 is 0. The van der Waals surface area contributed by atoms with Crippen molar-refractivity contribution >= 4 is 16.8 Å². The lowest BCUT2D eigenvalue weighted by molar-refractivity contribution is 0.0729. The lowest BCUT2D eigenvalue weighted by Crippen LogP contribution is -2.35. The van der Waals surface area contributed by atoms with E-state index in [0.717, 1.165) is 27.9 Å². The van der Waals surface area contributed by atoms with Crippen molar-refractivity contribution in [3.63, 3.8) is 0 Å². The Balaban J connectivity index is 1.63. The summed E-state index contributed by atoms with van der Waals surface area (Å²) in [5.74, 6) is 1.47. The molecule has 0 spiro atoms. The van der Waals surface area contributed by atoms with E-state index in [0.29, 0.717) is 32.0 Å². The van der Waals surface area contributed by atoms with Crippen LogP contribution < -0.4 is 0 Å². The van der Waals surface area contributed by atoms with Crippen LogP contribution in [-0.4, -0.2) is 34.0 Å². The SMILES string of the molecule is COCc1nc2c(o1)CCN(C(=O)c1cn(C)c3ccccc13)C2. The molecule has 0 N–H and O–H groups in total. The van der Waals surface area contributed by atoms with Gasteiger partial charge in [0.2, 0.25) is 5.89 Å². The number of rotatable bonds is 3. The summed E-state index contributed by atoms with van der Waals surface area (Å²) < 4.78 is 12.7. The molecule has 4 rings (SSSR count). The number of aromatic nitrogens is 2.